The van der Waals surface area contributed by atoms with Crippen molar-refractivity contribution in [2.24, 2.45) is 0 Å². The van der Waals surface area contributed by atoms with Crippen LogP contribution < -0.4 is 14.2 Å². The summed E-state index contributed by atoms with van der Waals surface area (Å²) >= 11 is 0. The molecular weight excluding hydrogens is 268 g/mol. The molecule has 0 atom stereocenters. The van der Waals surface area contributed by atoms with E-state index in [4.69, 9.17) is 14.2 Å². The number of benzene rings is 1. The number of pyridine rings is 1. The fraction of sp³-hybridized carbons (Fsp3) is 0.188. The molecule has 0 saturated heterocycles. The number of nitrogens with zero attached hydrogens (tertiary/aromatic N) is 2. The maximum Gasteiger partial charge on any atom is 0.198 e. The summed E-state index contributed by atoms with van der Waals surface area (Å²) in [5.41, 5.74) is 2.64. The van der Waals surface area contributed by atoms with Gasteiger partial charge in [-0.25, -0.2) is 4.98 Å². The molecule has 0 radical (unpaired) electrons. The van der Waals surface area contributed by atoms with Crippen LogP contribution in [-0.2, 0) is 0 Å². The Bertz CT molecular complexity index is 780. The predicted octanol–water partition coefficient (Wildman–Crippen LogP) is 3.03. The fourth-order valence-electron chi connectivity index (χ4n) is 2.29. The van der Waals surface area contributed by atoms with E-state index in [2.05, 4.69) is 4.98 Å². The highest BCUT2D eigenvalue weighted by Crippen LogP contribution is 2.32. The normalized spacial score (nSPS) is 10.6. The third-order valence-electron chi connectivity index (χ3n) is 3.34. The number of aromatic nitrogens is 2. The Morgan fingerprint density at radius 3 is 2.43 bits per heavy atom. The van der Waals surface area contributed by atoms with E-state index in [1.807, 2.05) is 47.0 Å². The molecule has 0 aliphatic heterocycles. The molecule has 21 heavy (non-hydrogen) atoms. The number of fused-ring (bicyclic) bond motifs is 1. The van der Waals surface area contributed by atoms with Crippen LogP contribution >= 0.6 is 0 Å². The van der Waals surface area contributed by atoms with Gasteiger partial charge in [-0.15, -0.1) is 0 Å². The molecule has 0 N–H and O–H groups in total. The molecular formula is C16H16N2O3. The first-order chi connectivity index (χ1) is 10.3. The van der Waals surface area contributed by atoms with Crippen LogP contribution in [0.15, 0.2) is 42.6 Å². The number of hydrogen-bond acceptors (Lipinski definition) is 4. The minimum atomic E-state index is 0.680. The molecule has 3 aromatic rings. The van der Waals surface area contributed by atoms with E-state index in [-0.39, 0.29) is 0 Å². The van der Waals surface area contributed by atoms with E-state index in [0.717, 1.165) is 22.8 Å². The second-order valence-electron chi connectivity index (χ2n) is 4.49. The van der Waals surface area contributed by atoms with Crippen LogP contribution in [-0.4, -0.2) is 30.7 Å². The van der Waals surface area contributed by atoms with Crippen molar-refractivity contribution >= 4 is 5.65 Å². The molecule has 5 nitrogen and oxygen atoms in total. The van der Waals surface area contributed by atoms with Crippen LogP contribution in [0.1, 0.15) is 0 Å². The predicted molar refractivity (Wildman–Crippen MR) is 80.3 cm³/mol. The van der Waals surface area contributed by atoms with Gasteiger partial charge in [0.2, 0.25) is 0 Å². The average Bonchev–Trinajstić information content (AvgIpc) is 2.98. The van der Waals surface area contributed by atoms with E-state index in [1.165, 1.54) is 0 Å². The second kappa shape index (κ2) is 5.36. The van der Waals surface area contributed by atoms with Gasteiger partial charge < -0.3 is 14.2 Å². The van der Waals surface area contributed by atoms with Gasteiger partial charge in [-0.2, -0.15) is 0 Å². The third kappa shape index (κ3) is 2.27. The number of hydrogen-bond donors (Lipinski definition) is 0. The lowest BCUT2D eigenvalue weighted by Crippen LogP contribution is -1.91. The molecule has 1 aromatic carbocycles. The quantitative estimate of drug-likeness (QED) is 0.738. The Hall–Kier alpha value is -2.69. The molecule has 0 fully saturated rings. The van der Waals surface area contributed by atoms with Gasteiger partial charge in [0.25, 0.3) is 0 Å². The SMILES string of the molecule is COc1ccc(-c2cn3c(OC)cccc3n2)cc1OC. The van der Waals surface area contributed by atoms with Crippen LogP contribution in [0.25, 0.3) is 16.9 Å². The van der Waals surface area contributed by atoms with Gasteiger partial charge in [-0.3, -0.25) is 4.40 Å². The summed E-state index contributed by atoms with van der Waals surface area (Å²) < 4.78 is 17.8. The molecule has 0 aliphatic carbocycles. The van der Waals surface area contributed by atoms with Crippen molar-refractivity contribution in [3.63, 3.8) is 0 Å². The van der Waals surface area contributed by atoms with Crippen molar-refractivity contribution in [2.45, 2.75) is 0 Å². The van der Waals surface area contributed by atoms with Crippen molar-refractivity contribution in [2.75, 3.05) is 21.3 Å². The van der Waals surface area contributed by atoms with Crippen LogP contribution in [0.2, 0.25) is 0 Å². The molecule has 0 saturated carbocycles. The summed E-state index contributed by atoms with van der Waals surface area (Å²) in [5.74, 6) is 2.12. The van der Waals surface area contributed by atoms with Crippen LogP contribution in [0, 0.1) is 0 Å². The van der Waals surface area contributed by atoms with Crippen LogP contribution in [0.4, 0.5) is 0 Å². The Kier molecular flexibility index (Phi) is 3.39. The Labute approximate surface area is 122 Å². The van der Waals surface area contributed by atoms with Crippen molar-refractivity contribution in [1.82, 2.24) is 9.38 Å². The van der Waals surface area contributed by atoms with Crippen molar-refractivity contribution in [3.05, 3.63) is 42.6 Å². The van der Waals surface area contributed by atoms with Gasteiger partial charge in [0, 0.05) is 11.8 Å². The summed E-state index contributed by atoms with van der Waals surface area (Å²) in [4.78, 5) is 4.61. The molecule has 0 unspecified atom stereocenters. The molecule has 2 aromatic heterocycles. The van der Waals surface area contributed by atoms with Gasteiger partial charge in [0.05, 0.1) is 27.0 Å². The first kappa shape index (κ1) is 13.3. The van der Waals surface area contributed by atoms with E-state index in [1.54, 1.807) is 21.3 Å². The smallest absolute Gasteiger partial charge is 0.198 e. The molecule has 0 aliphatic rings. The lowest BCUT2D eigenvalue weighted by molar-refractivity contribution is 0.355. The van der Waals surface area contributed by atoms with Gasteiger partial charge in [-0.1, -0.05) is 6.07 Å². The highest BCUT2D eigenvalue weighted by atomic mass is 16.5. The summed E-state index contributed by atoms with van der Waals surface area (Å²) in [6, 6.07) is 11.5. The van der Waals surface area contributed by atoms with Gasteiger partial charge in [-0.05, 0) is 30.3 Å². The summed E-state index contributed by atoms with van der Waals surface area (Å²) in [5, 5.41) is 0. The van der Waals surface area contributed by atoms with Crippen molar-refractivity contribution < 1.29 is 14.2 Å². The van der Waals surface area contributed by atoms with E-state index < -0.39 is 0 Å². The van der Waals surface area contributed by atoms with E-state index in [0.29, 0.717) is 11.5 Å². The highest BCUT2D eigenvalue weighted by Gasteiger charge is 2.10. The molecule has 0 bridgehead atoms. The number of ether oxygens (including phenoxy) is 3. The molecule has 0 amide bonds. The number of rotatable bonds is 4. The molecule has 0 spiro atoms. The standard InChI is InChI=1S/C16H16N2O3/c1-19-13-8-7-11(9-14(13)20-2)12-10-18-15(17-12)5-4-6-16(18)21-3/h4-10H,1-3H3. The van der Waals surface area contributed by atoms with E-state index >= 15 is 0 Å². The first-order valence-electron chi connectivity index (χ1n) is 6.51. The lowest BCUT2D eigenvalue weighted by atomic mass is 10.1. The molecule has 108 valence electrons. The monoisotopic (exact) mass is 284 g/mol. The van der Waals surface area contributed by atoms with Gasteiger partial charge >= 0.3 is 0 Å². The van der Waals surface area contributed by atoms with E-state index in [9.17, 15) is 0 Å². The Morgan fingerprint density at radius 2 is 1.71 bits per heavy atom. The minimum Gasteiger partial charge on any atom is -0.493 e. The average molecular weight is 284 g/mol. The second-order valence-corrected chi connectivity index (χ2v) is 4.49. The molecule has 3 rings (SSSR count). The fourth-order valence-corrected chi connectivity index (χ4v) is 2.29. The maximum atomic E-state index is 5.34. The molecule has 5 heteroatoms. The summed E-state index contributed by atoms with van der Waals surface area (Å²) in [6.45, 7) is 0. The zero-order valence-corrected chi connectivity index (χ0v) is 12.2. The van der Waals surface area contributed by atoms with Gasteiger partial charge in [0.15, 0.2) is 17.4 Å². The van der Waals surface area contributed by atoms with Crippen LogP contribution in [0.5, 0.6) is 17.4 Å². The Balaban J connectivity index is 2.12. The van der Waals surface area contributed by atoms with Crippen molar-refractivity contribution in [1.29, 1.82) is 0 Å². The Morgan fingerprint density at radius 1 is 0.905 bits per heavy atom. The molecule has 2 heterocycles. The third-order valence-corrected chi connectivity index (χ3v) is 3.34. The lowest BCUT2D eigenvalue weighted by Gasteiger charge is -2.08. The first-order valence-corrected chi connectivity index (χ1v) is 6.51. The highest BCUT2D eigenvalue weighted by molar-refractivity contribution is 5.66. The minimum absolute atomic E-state index is 0.680. The van der Waals surface area contributed by atoms with Crippen LogP contribution in [0.3, 0.4) is 0 Å². The van der Waals surface area contributed by atoms with Gasteiger partial charge in [0.1, 0.15) is 5.65 Å². The zero-order valence-electron chi connectivity index (χ0n) is 12.2. The number of imidazole rings is 1. The largest absolute Gasteiger partial charge is 0.493 e. The summed E-state index contributed by atoms with van der Waals surface area (Å²) in [7, 11) is 4.88. The maximum absolute atomic E-state index is 5.34. The zero-order chi connectivity index (χ0) is 14.8. The topological polar surface area (TPSA) is 45.0 Å². The van der Waals surface area contributed by atoms with Crippen molar-refractivity contribution in [3.8, 4) is 28.6 Å². The number of methoxy groups -OCH3 is 3. The summed E-state index contributed by atoms with van der Waals surface area (Å²) in [6.07, 6.45) is 1.94.